The molecule has 11 aromatic rings. The third-order valence-corrected chi connectivity index (χ3v) is 10.8. The standard InChI is InChI=1S/C51H33N5/c1-4-17-34(18-5-1)37-23-14-24-38(33-37)49-52-50(55-43-29-12-10-25-41(43)47-39(27-15-31-45(47)55)35-19-6-2-7-20-35)54-51(53-49)56-44-30-13-11-26-42(44)48-40(28-16-32-46(48)56)36-21-8-3-9-22-36/h1-33H. The lowest BCUT2D eigenvalue weighted by atomic mass is 9.99. The molecule has 5 nitrogen and oxygen atoms in total. The summed E-state index contributed by atoms with van der Waals surface area (Å²) in [5.41, 5.74) is 11.9. The highest BCUT2D eigenvalue weighted by Crippen LogP contribution is 2.40. The summed E-state index contributed by atoms with van der Waals surface area (Å²) < 4.78 is 4.41. The molecule has 11 rings (SSSR count). The Kier molecular flexibility index (Phi) is 7.42. The molecule has 0 N–H and O–H groups in total. The minimum atomic E-state index is 0.552. The Bertz CT molecular complexity index is 3060. The Morgan fingerprint density at radius 2 is 0.679 bits per heavy atom. The maximum atomic E-state index is 5.43. The minimum Gasteiger partial charge on any atom is -0.278 e. The average Bonchev–Trinajstić information content (AvgIpc) is 3.81. The Labute approximate surface area is 323 Å². The van der Waals surface area contributed by atoms with Crippen LogP contribution in [0.3, 0.4) is 0 Å². The Hall–Kier alpha value is -7.63. The van der Waals surface area contributed by atoms with Crippen LogP contribution in [-0.4, -0.2) is 24.1 Å². The van der Waals surface area contributed by atoms with Crippen molar-refractivity contribution in [2.24, 2.45) is 0 Å². The predicted molar refractivity (Wildman–Crippen MR) is 230 cm³/mol. The zero-order chi connectivity index (χ0) is 37.0. The van der Waals surface area contributed by atoms with E-state index >= 15 is 0 Å². The minimum absolute atomic E-state index is 0.552. The second kappa shape index (κ2) is 13.0. The SMILES string of the molecule is c1ccc(-c2cccc(-c3nc(-n4c5ccccc5c5c(-c6ccccc6)cccc54)nc(-n4c5ccccc5c5c(-c6ccccc6)cccc54)n3)c2)cc1. The summed E-state index contributed by atoms with van der Waals surface area (Å²) in [7, 11) is 0. The van der Waals surface area contributed by atoms with E-state index in [9.17, 15) is 0 Å². The molecule has 0 radical (unpaired) electrons. The van der Waals surface area contributed by atoms with Gasteiger partial charge in [0.15, 0.2) is 5.82 Å². The van der Waals surface area contributed by atoms with Crippen molar-refractivity contribution in [3.05, 3.63) is 200 Å². The first-order valence-electron chi connectivity index (χ1n) is 18.9. The second-order valence-electron chi connectivity index (χ2n) is 14.0. The molecule has 3 aromatic heterocycles. The lowest BCUT2D eigenvalue weighted by Gasteiger charge is -2.13. The summed E-state index contributed by atoms with van der Waals surface area (Å²) in [5.74, 6) is 1.70. The van der Waals surface area contributed by atoms with Crippen molar-refractivity contribution in [2.75, 3.05) is 0 Å². The van der Waals surface area contributed by atoms with E-state index in [0.29, 0.717) is 17.7 Å². The van der Waals surface area contributed by atoms with E-state index in [4.69, 9.17) is 15.0 Å². The van der Waals surface area contributed by atoms with E-state index in [1.165, 1.54) is 11.1 Å². The fourth-order valence-electron chi connectivity index (χ4n) is 8.34. The smallest absolute Gasteiger partial charge is 0.240 e. The molecule has 3 heterocycles. The van der Waals surface area contributed by atoms with Gasteiger partial charge < -0.3 is 0 Å². The number of rotatable bonds is 6. The summed E-state index contributed by atoms with van der Waals surface area (Å²) in [6.07, 6.45) is 0. The van der Waals surface area contributed by atoms with Crippen LogP contribution in [0.2, 0.25) is 0 Å². The summed E-state index contributed by atoms with van der Waals surface area (Å²) >= 11 is 0. The second-order valence-corrected chi connectivity index (χ2v) is 14.0. The fourth-order valence-corrected chi connectivity index (χ4v) is 8.34. The van der Waals surface area contributed by atoms with Crippen LogP contribution < -0.4 is 0 Å². The molecular weight excluding hydrogens is 683 g/mol. The Morgan fingerprint density at radius 1 is 0.286 bits per heavy atom. The molecule has 8 aromatic carbocycles. The van der Waals surface area contributed by atoms with Crippen LogP contribution in [-0.2, 0) is 0 Å². The molecule has 0 aliphatic carbocycles. The van der Waals surface area contributed by atoms with Gasteiger partial charge in [0, 0.05) is 27.1 Å². The van der Waals surface area contributed by atoms with Crippen LogP contribution in [0.15, 0.2) is 200 Å². The highest BCUT2D eigenvalue weighted by molar-refractivity contribution is 6.16. The van der Waals surface area contributed by atoms with Gasteiger partial charge in [-0.05, 0) is 63.7 Å². The maximum Gasteiger partial charge on any atom is 0.240 e. The first-order chi connectivity index (χ1) is 27.8. The van der Waals surface area contributed by atoms with Crippen LogP contribution in [0.25, 0.3) is 100 Å². The van der Waals surface area contributed by atoms with Gasteiger partial charge in [-0.1, -0.05) is 170 Å². The summed E-state index contributed by atoms with van der Waals surface area (Å²) in [6.45, 7) is 0. The van der Waals surface area contributed by atoms with Gasteiger partial charge in [0.2, 0.25) is 11.9 Å². The molecule has 0 spiro atoms. The van der Waals surface area contributed by atoms with E-state index < -0.39 is 0 Å². The molecule has 0 saturated heterocycles. The lowest BCUT2D eigenvalue weighted by Crippen LogP contribution is -2.10. The van der Waals surface area contributed by atoms with Crippen molar-refractivity contribution in [1.29, 1.82) is 0 Å². The van der Waals surface area contributed by atoms with Gasteiger partial charge in [0.05, 0.1) is 22.1 Å². The monoisotopic (exact) mass is 715 g/mol. The normalized spacial score (nSPS) is 11.6. The number of nitrogens with zero attached hydrogens (tertiary/aromatic N) is 5. The molecule has 0 aliphatic rings. The number of fused-ring (bicyclic) bond motifs is 6. The van der Waals surface area contributed by atoms with Gasteiger partial charge in [-0.25, -0.2) is 0 Å². The molecular formula is C51H33N5. The predicted octanol–water partition coefficient (Wildman–Crippen LogP) is 12.7. The van der Waals surface area contributed by atoms with Crippen LogP contribution in [0.4, 0.5) is 0 Å². The third-order valence-electron chi connectivity index (χ3n) is 10.8. The molecule has 0 atom stereocenters. The van der Waals surface area contributed by atoms with Gasteiger partial charge in [-0.2, -0.15) is 15.0 Å². The molecule has 0 fully saturated rings. The molecule has 0 saturated carbocycles. The van der Waals surface area contributed by atoms with Crippen LogP contribution >= 0.6 is 0 Å². The third kappa shape index (κ3) is 5.13. The molecule has 0 amide bonds. The zero-order valence-corrected chi connectivity index (χ0v) is 30.3. The van der Waals surface area contributed by atoms with Gasteiger partial charge in [0.25, 0.3) is 0 Å². The highest BCUT2D eigenvalue weighted by Gasteiger charge is 2.23. The van der Waals surface area contributed by atoms with E-state index in [-0.39, 0.29) is 0 Å². The lowest BCUT2D eigenvalue weighted by molar-refractivity contribution is 0.893. The van der Waals surface area contributed by atoms with Gasteiger partial charge in [-0.3, -0.25) is 9.13 Å². The van der Waals surface area contributed by atoms with Gasteiger partial charge in [0.1, 0.15) is 0 Å². The maximum absolute atomic E-state index is 5.43. The van der Waals surface area contributed by atoms with Gasteiger partial charge in [-0.15, -0.1) is 0 Å². The number of hydrogen-bond acceptors (Lipinski definition) is 3. The Balaban J connectivity index is 1.23. The molecule has 0 bridgehead atoms. The fraction of sp³-hybridized carbons (Fsp3) is 0. The van der Waals surface area contributed by atoms with Crippen molar-refractivity contribution in [3.63, 3.8) is 0 Å². The molecule has 56 heavy (non-hydrogen) atoms. The summed E-state index contributed by atoms with van der Waals surface area (Å²) in [5, 5.41) is 4.60. The zero-order valence-electron chi connectivity index (χ0n) is 30.3. The largest absolute Gasteiger partial charge is 0.278 e. The van der Waals surface area contributed by atoms with Crippen LogP contribution in [0.1, 0.15) is 0 Å². The molecule has 5 heteroatoms. The van der Waals surface area contributed by atoms with E-state index in [2.05, 4.69) is 203 Å². The quantitative estimate of drug-likeness (QED) is 0.172. The molecule has 0 unspecified atom stereocenters. The van der Waals surface area contributed by atoms with Crippen LogP contribution in [0.5, 0.6) is 0 Å². The Morgan fingerprint density at radius 3 is 1.20 bits per heavy atom. The average molecular weight is 716 g/mol. The first kappa shape index (κ1) is 31.9. The summed E-state index contributed by atoms with van der Waals surface area (Å²) in [4.78, 5) is 16.1. The number of benzene rings is 8. The van der Waals surface area contributed by atoms with Crippen molar-refractivity contribution in [1.82, 2.24) is 24.1 Å². The molecule has 262 valence electrons. The van der Waals surface area contributed by atoms with E-state index in [0.717, 1.165) is 71.4 Å². The van der Waals surface area contributed by atoms with Crippen LogP contribution in [0, 0.1) is 0 Å². The van der Waals surface area contributed by atoms with Crippen molar-refractivity contribution >= 4 is 43.6 Å². The highest BCUT2D eigenvalue weighted by atomic mass is 15.3. The molecule has 0 aliphatic heterocycles. The van der Waals surface area contributed by atoms with Crippen molar-refractivity contribution in [2.45, 2.75) is 0 Å². The van der Waals surface area contributed by atoms with Crippen molar-refractivity contribution < 1.29 is 0 Å². The number of aromatic nitrogens is 5. The topological polar surface area (TPSA) is 48.5 Å². The number of hydrogen-bond donors (Lipinski definition) is 0. The number of para-hydroxylation sites is 2. The van der Waals surface area contributed by atoms with E-state index in [1.54, 1.807) is 0 Å². The first-order valence-corrected chi connectivity index (χ1v) is 18.9. The van der Waals surface area contributed by atoms with E-state index in [1.807, 2.05) is 6.07 Å². The van der Waals surface area contributed by atoms with Gasteiger partial charge >= 0.3 is 0 Å². The van der Waals surface area contributed by atoms with Crippen molar-refractivity contribution in [3.8, 4) is 56.7 Å². The summed E-state index contributed by atoms with van der Waals surface area (Å²) in [6, 6.07) is 70.2.